The average Bonchev–Trinajstić information content (AvgIpc) is 3.19. The first-order valence-corrected chi connectivity index (χ1v) is 6.54. The minimum atomic E-state index is -0.455. The molecule has 1 heterocycles. The predicted molar refractivity (Wildman–Crippen MR) is 66.0 cm³/mol. The molecule has 0 aromatic rings. The second kappa shape index (κ2) is 6.15. The summed E-state index contributed by atoms with van der Waals surface area (Å²) in [5.41, 5.74) is 0. The minimum absolute atomic E-state index is 0.0172. The van der Waals surface area contributed by atoms with E-state index in [9.17, 15) is 9.59 Å². The number of morpholine rings is 1. The first-order chi connectivity index (χ1) is 8.72. The van der Waals surface area contributed by atoms with Crippen molar-refractivity contribution in [1.29, 1.82) is 0 Å². The molecule has 0 aromatic carbocycles. The molecule has 0 spiro atoms. The van der Waals surface area contributed by atoms with Crippen LogP contribution in [0.2, 0.25) is 0 Å². The molecule has 0 aromatic heterocycles. The second-order valence-corrected chi connectivity index (χ2v) is 4.81. The molecule has 0 bridgehead atoms. The standard InChI is InChI=1S/C12H21N3O3/c1-13-5-4-11(16)15-6-7-18-8-10(15)12(17)14-9-2-3-9/h9-10,13H,2-8H2,1H3,(H,14,17). The lowest BCUT2D eigenvalue weighted by Crippen LogP contribution is -2.56. The molecule has 18 heavy (non-hydrogen) atoms. The third kappa shape index (κ3) is 3.43. The normalized spacial score (nSPS) is 23.8. The van der Waals surface area contributed by atoms with Crippen molar-refractivity contribution in [3.63, 3.8) is 0 Å². The lowest BCUT2D eigenvalue weighted by molar-refractivity contribution is -0.148. The molecule has 1 unspecified atom stereocenters. The Kier molecular flexibility index (Phi) is 4.54. The van der Waals surface area contributed by atoms with Crippen LogP contribution in [0.5, 0.6) is 0 Å². The lowest BCUT2D eigenvalue weighted by atomic mass is 10.2. The van der Waals surface area contributed by atoms with Crippen LogP contribution in [0, 0.1) is 0 Å². The van der Waals surface area contributed by atoms with Gasteiger partial charge in [-0.1, -0.05) is 0 Å². The zero-order valence-corrected chi connectivity index (χ0v) is 10.8. The molecule has 6 heteroatoms. The van der Waals surface area contributed by atoms with Gasteiger partial charge in [0.2, 0.25) is 11.8 Å². The molecule has 1 atom stereocenters. The smallest absolute Gasteiger partial charge is 0.245 e. The van der Waals surface area contributed by atoms with Crippen molar-refractivity contribution in [1.82, 2.24) is 15.5 Å². The molecule has 2 fully saturated rings. The number of amides is 2. The summed E-state index contributed by atoms with van der Waals surface area (Å²) in [7, 11) is 1.81. The van der Waals surface area contributed by atoms with Gasteiger partial charge in [-0.05, 0) is 19.9 Å². The van der Waals surface area contributed by atoms with Gasteiger partial charge in [-0.15, -0.1) is 0 Å². The highest BCUT2D eigenvalue weighted by Crippen LogP contribution is 2.19. The summed E-state index contributed by atoms with van der Waals surface area (Å²) in [6.45, 7) is 1.96. The van der Waals surface area contributed by atoms with Crippen LogP contribution in [-0.2, 0) is 14.3 Å². The number of ether oxygens (including phenoxy) is 1. The molecular formula is C12H21N3O3. The van der Waals surface area contributed by atoms with E-state index in [1.807, 2.05) is 7.05 Å². The Bertz CT molecular complexity index is 318. The molecular weight excluding hydrogens is 234 g/mol. The van der Waals surface area contributed by atoms with Gasteiger partial charge < -0.3 is 20.3 Å². The lowest BCUT2D eigenvalue weighted by Gasteiger charge is -2.34. The number of nitrogens with zero attached hydrogens (tertiary/aromatic N) is 1. The van der Waals surface area contributed by atoms with Crippen LogP contribution in [0.15, 0.2) is 0 Å². The molecule has 2 amide bonds. The van der Waals surface area contributed by atoms with Gasteiger partial charge in [-0.25, -0.2) is 0 Å². The van der Waals surface area contributed by atoms with Gasteiger partial charge in [-0.2, -0.15) is 0 Å². The Hall–Kier alpha value is -1.14. The highest BCUT2D eigenvalue weighted by molar-refractivity contribution is 5.88. The molecule has 2 N–H and O–H groups in total. The van der Waals surface area contributed by atoms with Crippen molar-refractivity contribution in [3.8, 4) is 0 Å². The van der Waals surface area contributed by atoms with E-state index in [0.717, 1.165) is 12.8 Å². The van der Waals surface area contributed by atoms with Gasteiger partial charge in [0.05, 0.1) is 13.2 Å². The maximum atomic E-state index is 12.0. The Balaban J connectivity index is 1.91. The zero-order chi connectivity index (χ0) is 13.0. The van der Waals surface area contributed by atoms with E-state index in [2.05, 4.69) is 10.6 Å². The van der Waals surface area contributed by atoms with Gasteiger partial charge >= 0.3 is 0 Å². The fourth-order valence-electron chi connectivity index (χ4n) is 2.02. The van der Waals surface area contributed by atoms with E-state index >= 15 is 0 Å². The van der Waals surface area contributed by atoms with Crippen LogP contribution in [0.3, 0.4) is 0 Å². The largest absolute Gasteiger partial charge is 0.377 e. The Morgan fingerprint density at radius 1 is 1.39 bits per heavy atom. The van der Waals surface area contributed by atoms with E-state index in [-0.39, 0.29) is 11.8 Å². The van der Waals surface area contributed by atoms with Crippen LogP contribution < -0.4 is 10.6 Å². The van der Waals surface area contributed by atoms with Crippen LogP contribution in [0.1, 0.15) is 19.3 Å². The van der Waals surface area contributed by atoms with Crippen LogP contribution in [0.4, 0.5) is 0 Å². The van der Waals surface area contributed by atoms with Gasteiger partial charge in [0.25, 0.3) is 0 Å². The molecule has 2 rings (SSSR count). The molecule has 6 nitrogen and oxygen atoms in total. The quantitative estimate of drug-likeness (QED) is 0.668. The predicted octanol–water partition coefficient (Wildman–Crippen LogP) is -0.898. The van der Waals surface area contributed by atoms with Crippen LogP contribution in [0.25, 0.3) is 0 Å². The number of carbonyl (C=O) groups excluding carboxylic acids is 2. The SMILES string of the molecule is CNCCC(=O)N1CCOCC1C(=O)NC1CC1. The molecule has 1 saturated carbocycles. The van der Waals surface area contributed by atoms with Crippen LogP contribution >= 0.6 is 0 Å². The summed E-state index contributed by atoms with van der Waals surface area (Å²) in [6, 6.07) is -0.141. The van der Waals surface area contributed by atoms with Crippen LogP contribution in [-0.4, -0.2) is 62.1 Å². The highest BCUT2D eigenvalue weighted by Gasteiger charge is 2.35. The number of rotatable bonds is 5. The van der Waals surface area contributed by atoms with Crippen molar-refractivity contribution >= 4 is 11.8 Å². The van der Waals surface area contributed by atoms with E-state index in [1.165, 1.54) is 0 Å². The number of hydrogen-bond donors (Lipinski definition) is 2. The summed E-state index contributed by atoms with van der Waals surface area (Å²) in [4.78, 5) is 25.7. The summed E-state index contributed by atoms with van der Waals surface area (Å²) in [6.07, 6.45) is 2.52. The fourth-order valence-corrected chi connectivity index (χ4v) is 2.02. The van der Waals surface area contributed by atoms with E-state index in [0.29, 0.717) is 38.8 Å². The third-order valence-corrected chi connectivity index (χ3v) is 3.26. The third-order valence-electron chi connectivity index (χ3n) is 3.26. The maximum Gasteiger partial charge on any atom is 0.245 e. The number of nitrogens with one attached hydrogen (secondary N) is 2. The van der Waals surface area contributed by atoms with Crippen molar-refractivity contribution in [2.45, 2.75) is 31.3 Å². The molecule has 2 aliphatic rings. The van der Waals surface area contributed by atoms with Crippen molar-refractivity contribution in [2.24, 2.45) is 0 Å². The number of hydrogen-bond acceptors (Lipinski definition) is 4. The average molecular weight is 255 g/mol. The Morgan fingerprint density at radius 3 is 2.83 bits per heavy atom. The molecule has 1 aliphatic carbocycles. The summed E-state index contributed by atoms with van der Waals surface area (Å²) in [5, 5.41) is 5.88. The van der Waals surface area contributed by atoms with E-state index in [4.69, 9.17) is 4.74 Å². The molecule has 0 radical (unpaired) electrons. The topological polar surface area (TPSA) is 70.7 Å². The highest BCUT2D eigenvalue weighted by atomic mass is 16.5. The van der Waals surface area contributed by atoms with Gasteiger partial charge in [0.15, 0.2) is 0 Å². The van der Waals surface area contributed by atoms with E-state index < -0.39 is 6.04 Å². The zero-order valence-electron chi connectivity index (χ0n) is 10.8. The first kappa shape index (κ1) is 13.3. The Morgan fingerprint density at radius 2 is 2.17 bits per heavy atom. The molecule has 1 saturated heterocycles. The number of carbonyl (C=O) groups is 2. The molecule has 102 valence electrons. The Labute approximate surface area is 107 Å². The monoisotopic (exact) mass is 255 g/mol. The van der Waals surface area contributed by atoms with Gasteiger partial charge in [-0.3, -0.25) is 9.59 Å². The van der Waals surface area contributed by atoms with Gasteiger partial charge in [0, 0.05) is 25.6 Å². The van der Waals surface area contributed by atoms with Crippen molar-refractivity contribution in [3.05, 3.63) is 0 Å². The second-order valence-electron chi connectivity index (χ2n) is 4.81. The summed E-state index contributed by atoms with van der Waals surface area (Å²) < 4.78 is 5.32. The minimum Gasteiger partial charge on any atom is -0.377 e. The van der Waals surface area contributed by atoms with E-state index in [1.54, 1.807) is 4.90 Å². The summed E-state index contributed by atoms with van der Waals surface area (Å²) in [5.74, 6) is -0.0568. The van der Waals surface area contributed by atoms with Crippen molar-refractivity contribution < 1.29 is 14.3 Å². The van der Waals surface area contributed by atoms with Gasteiger partial charge in [0.1, 0.15) is 6.04 Å². The maximum absolute atomic E-state index is 12.0. The van der Waals surface area contributed by atoms with Crippen molar-refractivity contribution in [2.75, 3.05) is 33.4 Å². The molecule has 1 aliphatic heterocycles. The summed E-state index contributed by atoms with van der Waals surface area (Å²) >= 11 is 0. The fraction of sp³-hybridized carbons (Fsp3) is 0.833. The first-order valence-electron chi connectivity index (χ1n) is 6.54.